The molecule has 0 saturated heterocycles. The first-order valence-electron chi connectivity index (χ1n) is 10.2. The van der Waals surface area contributed by atoms with Gasteiger partial charge in [-0.2, -0.15) is 0 Å². The maximum atomic E-state index is 13.2. The quantitative estimate of drug-likeness (QED) is 0.513. The predicted molar refractivity (Wildman–Crippen MR) is 120 cm³/mol. The molecule has 0 atom stereocenters. The lowest BCUT2D eigenvalue weighted by atomic mass is 10.0. The van der Waals surface area contributed by atoms with E-state index in [0.29, 0.717) is 35.6 Å². The van der Waals surface area contributed by atoms with E-state index in [1.165, 1.54) is 10.4 Å². The van der Waals surface area contributed by atoms with Gasteiger partial charge in [0.2, 0.25) is 5.91 Å². The maximum Gasteiger partial charge on any atom is 0.254 e. The molecule has 3 heterocycles. The van der Waals surface area contributed by atoms with E-state index in [1.807, 2.05) is 48.2 Å². The van der Waals surface area contributed by atoms with Gasteiger partial charge in [0.05, 0.1) is 6.42 Å². The zero-order valence-electron chi connectivity index (χ0n) is 17.1. The van der Waals surface area contributed by atoms with Crippen LogP contribution in [-0.2, 0) is 24.2 Å². The molecular formula is C24H21N3O3S. The Labute approximate surface area is 183 Å². The molecule has 0 aliphatic carbocycles. The van der Waals surface area contributed by atoms with Crippen molar-refractivity contribution in [2.75, 3.05) is 11.9 Å². The van der Waals surface area contributed by atoms with Crippen LogP contribution in [0.15, 0.2) is 58.4 Å². The number of benzene rings is 2. The molecule has 0 bridgehead atoms. The molecule has 2 amide bonds. The summed E-state index contributed by atoms with van der Waals surface area (Å²) in [7, 11) is 0. The maximum absolute atomic E-state index is 13.2. The van der Waals surface area contributed by atoms with E-state index in [1.54, 1.807) is 17.4 Å². The second kappa shape index (κ2) is 8.00. The van der Waals surface area contributed by atoms with Gasteiger partial charge in [-0.15, -0.1) is 11.3 Å². The molecule has 2 aromatic carbocycles. The van der Waals surface area contributed by atoms with Crippen LogP contribution in [0.3, 0.4) is 0 Å². The first-order valence-corrected chi connectivity index (χ1v) is 11.1. The second-order valence-electron chi connectivity index (χ2n) is 7.67. The van der Waals surface area contributed by atoms with E-state index in [9.17, 15) is 9.59 Å². The summed E-state index contributed by atoms with van der Waals surface area (Å²) in [6, 6.07) is 15.0. The van der Waals surface area contributed by atoms with Crippen molar-refractivity contribution in [3.05, 3.63) is 81.2 Å². The third-order valence-corrected chi connectivity index (χ3v) is 6.74. The largest absolute Gasteiger partial charge is 0.356 e. The Morgan fingerprint density at radius 3 is 2.94 bits per heavy atom. The number of para-hydroxylation sites is 1. The normalized spacial score (nSPS) is 13.3. The molecule has 7 heteroatoms. The Bertz CT molecular complexity index is 1290. The number of thiophene rings is 1. The molecule has 1 aliphatic heterocycles. The highest BCUT2D eigenvalue weighted by Gasteiger charge is 2.24. The minimum Gasteiger partial charge on any atom is -0.356 e. The van der Waals surface area contributed by atoms with Crippen molar-refractivity contribution < 1.29 is 14.1 Å². The summed E-state index contributed by atoms with van der Waals surface area (Å²) < 4.78 is 5.28. The van der Waals surface area contributed by atoms with Gasteiger partial charge >= 0.3 is 0 Å². The highest BCUT2D eigenvalue weighted by Crippen LogP contribution is 2.27. The molecule has 0 spiro atoms. The standard InChI is InChI=1S/C24H21N3O3S/c1-15-17(24(29)27-11-9-22-16(14-27)10-12-31-22)6-4-7-19(15)25-23(28)13-20-18-5-2-3-8-21(18)30-26-20/h2-8,10,12H,9,11,13-14H2,1H3,(H,25,28). The van der Waals surface area contributed by atoms with Gasteiger partial charge in [0, 0.05) is 34.6 Å². The molecule has 156 valence electrons. The third kappa shape index (κ3) is 3.72. The zero-order chi connectivity index (χ0) is 21.4. The van der Waals surface area contributed by atoms with Gasteiger partial charge < -0.3 is 14.7 Å². The lowest BCUT2D eigenvalue weighted by Gasteiger charge is -2.28. The minimum absolute atomic E-state index is 0.00653. The van der Waals surface area contributed by atoms with Crippen LogP contribution in [-0.4, -0.2) is 28.4 Å². The summed E-state index contributed by atoms with van der Waals surface area (Å²) in [5.41, 5.74) is 4.50. The van der Waals surface area contributed by atoms with Crippen LogP contribution in [0.1, 0.15) is 32.1 Å². The van der Waals surface area contributed by atoms with Crippen molar-refractivity contribution >= 4 is 39.8 Å². The van der Waals surface area contributed by atoms with Gasteiger partial charge in [-0.1, -0.05) is 23.4 Å². The number of fused-ring (bicyclic) bond motifs is 2. The van der Waals surface area contributed by atoms with Crippen LogP contribution >= 0.6 is 11.3 Å². The van der Waals surface area contributed by atoms with Gasteiger partial charge in [-0.3, -0.25) is 9.59 Å². The van der Waals surface area contributed by atoms with Crippen LogP contribution in [0, 0.1) is 6.92 Å². The van der Waals surface area contributed by atoms with Crippen LogP contribution in [0.2, 0.25) is 0 Å². The number of nitrogens with zero attached hydrogens (tertiary/aromatic N) is 2. The molecule has 1 N–H and O–H groups in total. The average Bonchev–Trinajstić information content (AvgIpc) is 3.41. The third-order valence-electron chi connectivity index (χ3n) is 5.71. The molecule has 6 nitrogen and oxygen atoms in total. The lowest BCUT2D eigenvalue weighted by Crippen LogP contribution is -2.35. The number of nitrogens with one attached hydrogen (secondary N) is 1. The fraction of sp³-hybridized carbons (Fsp3) is 0.208. The number of carbonyl (C=O) groups is 2. The topological polar surface area (TPSA) is 75.4 Å². The Morgan fingerprint density at radius 1 is 1.16 bits per heavy atom. The number of hydrogen-bond acceptors (Lipinski definition) is 5. The van der Waals surface area contributed by atoms with Crippen molar-refractivity contribution in [2.45, 2.75) is 26.3 Å². The van der Waals surface area contributed by atoms with Gasteiger partial charge in [0.25, 0.3) is 5.91 Å². The smallest absolute Gasteiger partial charge is 0.254 e. The summed E-state index contributed by atoms with van der Waals surface area (Å²) in [5, 5.41) is 9.87. The van der Waals surface area contributed by atoms with Crippen LogP contribution in [0.25, 0.3) is 11.0 Å². The molecule has 31 heavy (non-hydrogen) atoms. The molecule has 0 saturated carbocycles. The number of anilines is 1. The van der Waals surface area contributed by atoms with Crippen molar-refractivity contribution in [3.63, 3.8) is 0 Å². The van der Waals surface area contributed by atoms with Gasteiger partial charge in [0.15, 0.2) is 5.58 Å². The average molecular weight is 432 g/mol. The van der Waals surface area contributed by atoms with Crippen LogP contribution in [0.5, 0.6) is 0 Å². The molecule has 0 fully saturated rings. The number of aromatic nitrogens is 1. The molecule has 0 radical (unpaired) electrons. The second-order valence-corrected chi connectivity index (χ2v) is 8.67. The predicted octanol–water partition coefficient (Wildman–Crippen LogP) is 4.58. The van der Waals surface area contributed by atoms with E-state index in [4.69, 9.17) is 4.52 Å². The SMILES string of the molecule is Cc1c(NC(=O)Cc2noc3ccccc23)cccc1C(=O)N1CCc2sccc2C1. The summed E-state index contributed by atoms with van der Waals surface area (Å²) in [5.74, 6) is -0.208. The Hall–Kier alpha value is -3.45. The Kier molecular flexibility index (Phi) is 5.03. The zero-order valence-corrected chi connectivity index (χ0v) is 17.9. The van der Waals surface area contributed by atoms with Gasteiger partial charge in [0.1, 0.15) is 5.69 Å². The van der Waals surface area contributed by atoms with E-state index < -0.39 is 0 Å². The summed E-state index contributed by atoms with van der Waals surface area (Å²) in [4.78, 5) is 29.1. The Balaban J connectivity index is 1.32. The van der Waals surface area contributed by atoms with Crippen molar-refractivity contribution in [3.8, 4) is 0 Å². The lowest BCUT2D eigenvalue weighted by molar-refractivity contribution is -0.115. The van der Waals surface area contributed by atoms with Crippen molar-refractivity contribution in [2.24, 2.45) is 0 Å². The molecular weight excluding hydrogens is 410 g/mol. The van der Waals surface area contributed by atoms with E-state index in [0.717, 1.165) is 17.4 Å². The molecule has 5 rings (SSSR count). The van der Waals surface area contributed by atoms with Gasteiger partial charge in [-0.25, -0.2) is 0 Å². The molecule has 4 aromatic rings. The summed E-state index contributed by atoms with van der Waals surface area (Å²) in [6.07, 6.45) is 0.988. The summed E-state index contributed by atoms with van der Waals surface area (Å²) >= 11 is 1.75. The Morgan fingerprint density at radius 2 is 2.03 bits per heavy atom. The molecule has 1 aliphatic rings. The fourth-order valence-electron chi connectivity index (χ4n) is 4.01. The monoisotopic (exact) mass is 431 g/mol. The number of rotatable bonds is 4. The number of hydrogen-bond donors (Lipinski definition) is 1. The summed E-state index contributed by atoms with van der Waals surface area (Å²) in [6.45, 7) is 3.21. The van der Waals surface area contributed by atoms with E-state index >= 15 is 0 Å². The number of amides is 2. The highest BCUT2D eigenvalue weighted by atomic mass is 32.1. The van der Waals surface area contributed by atoms with Crippen LogP contribution < -0.4 is 5.32 Å². The van der Waals surface area contributed by atoms with E-state index in [2.05, 4.69) is 21.9 Å². The highest BCUT2D eigenvalue weighted by molar-refractivity contribution is 7.10. The minimum atomic E-state index is -0.201. The molecule has 0 unspecified atom stereocenters. The molecule has 2 aromatic heterocycles. The van der Waals surface area contributed by atoms with Crippen molar-refractivity contribution in [1.82, 2.24) is 10.1 Å². The van der Waals surface area contributed by atoms with E-state index in [-0.39, 0.29) is 18.2 Å². The van der Waals surface area contributed by atoms with Crippen LogP contribution in [0.4, 0.5) is 5.69 Å². The van der Waals surface area contributed by atoms with Gasteiger partial charge in [-0.05, 0) is 60.2 Å². The van der Waals surface area contributed by atoms with Crippen molar-refractivity contribution in [1.29, 1.82) is 0 Å². The number of carbonyl (C=O) groups excluding carboxylic acids is 2. The fourth-order valence-corrected chi connectivity index (χ4v) is 4.90. The first-order chi connectivity index (χ1) is 15.1. The first kappa shape index (κ1) is 19.5.